The molecular weight excluding hydrogens is 244 g/mol. The van der Waals surface area contributed by atoms with E-state index < -0.39 is 0 Å². The molecule has 0 bridgehead atoms. The number of nitriles is 1. The normalized spacial score (nSPS) is 11.1. The van der Waals surface area contributed by atoms with Gasteiger partial charge in [-0.15, -0.1) is 11.8 Å². The summed E-state index contributed by atoms with van der Waals surface area (Å²) in [5.74, 6) is 0. The second kappa shape index (κ2) is 6.67. The highest BCUT2D eigenvalue weighted by molar-refractivity contribution is 7.98. The van der Waals surface area contributed by atoms with Crippen molar-refractivity contribution < 1.29 is 5.11 Å². The highest BCUT2D eigenvalue weighted by atomic mass is 32.2. The Morgan fingerprint density at radius 2 is 2.06 bits per heavy atom. The molecule has 0 aromatic heterocycles. The topological polar surface area (TPSA) is 56.0 Å². The molecule has 4 heteroatoms. The van der Waals surface area contributed by atoms with Crippen molar-refractivity contribution in [3.8, 4) is 6.07 Å². The fourth-order valence-corrected chi connectivity index (χ4v) is 2.47. The summed E-state index contributed by atoms with van der Waals surface area (Å²) in [7, 11) is 0. The first-order valence-electron chi connectivity index (χ1n) is 6.12. The van der Waals surface area contributed by atoms with Crippen LogP contribution in [0.15, 0.2) is 23.1 Å². The number of hydrogen-bond acceptors (Lipinski definition) is 4. The molecule has 0 atom stereocenters. The van der Waals surface area contributed by atoms with Crippen LogP contribution in [0.1, 0.15) is 32.3 Å². The molecule has 1 aromatic rings. The lowest BCUT2D eigenvalue weighted by molar-refractivity contribution is 0.202. The fraction of sp³-hybridized carbons (Fsp3) is 0.500. The van der Waals surface area contributed by atoms with Crippen LogP contribution < -0.4 is 5.32 Å². The SMILES string of the molecule is CCC(CC)(CO)Nc1cccc(SC)c1C#N. The van der Waals surface area contributed by atoms with E-state index in [9.17, 15) is 10.4 Å². The van der Waals surface area contributed by atoms with Crippen molar-refractivity contribution in [1.29, 1.82) is 5.26 Å². The molecule has 0 radical (unpaired) electrons. The average molecular weight is 264 g/mol. The third-order valence-electron chi connectivity index (χ3n) is 3.41. The minimum absolute atomic E-state index is 0.0639. The van der Waals surface area contributed by atoms with Gasteiger partial charge in [-0.25, -0.2) is 0 Å². The summed E-state index contributed by atoms with van der Waals surface area (Å²) in [6.45, 7) is 4.14. The third-order valence-corrected chi connectivity index (χ3v) is 4.19. The zero-order valence-corrected chi connectivity index (χ0v) is 12.0. The average Bonchev–Trinajstić information content (AvgIpc) is 2.44. The molecule has 0 fully saturated rings. The van der Waals surface area contributed by atoms with Gasteiger partial charge < -0.3 is 10.4 Å². The lowest BCUT2D eigenvalue weighted by Gasteiger charge is -2.32. The molecular formula is C14H20N2OS. The number of thioether (sulfide) groups is 1. The first kappa shape index (κ1) is 14.9. The summed E-state index contributed by atoms with van der Waals surface area (Å²) in [5.41, 5.74) is 1.12. The highest BCUT2D eigenvalue weighted by Gasteiger charge is 2.26. The van der Waals surface area contributed by atoms with Crippen molar-refractivity contribution in [3.63, 3.8) is 0 Å². The van der Waals surface area contributed by atoms with Crippen LogP contribution in [0.25, 0.3) is 0 Å². The van der Waals surface area contributed by atoms with Gasteiger partial charge in [-0.1, -0.05) is 19.9 Å². The van der Waals surface area contributed by atoms with E-state index in [1.54, 1.807) is 11.8 Å². The molecule has 2 N–H and O–H groups in total. The molecule has 1 aromatic carbocycles. The summed E-state index contributed by atoms with van der Waals surface area (Å²) < 4.78 is 0. The second-order valence-corrected chi connectivity index (χ2v) is 5.11. The summed E-state index contributed by atoms with van der Waals surface area (Å²) in [6.07, 6.45) is 3.58. The maximum absolute atomic E-state index is 9.58. The van der Waals surface area contributed by atoms with E-state index >= 15 is 0 Å². The van der Waals surface area contributed by atoms with E-state index in [1.165, 1.54) is 0 Å². The second-order valence-electron chi connectivity index (χ2n) is 4.27. The van der Waals surface area contributed by atoms with Gasteiger partial charge in [-0.05, 0) is 31.2 Å². The smallest absolute Gasteiger partial charge is 0.102 e. The summed E-state index contributed by atoms with van der Waals surface area (Å²) in [6, 6.07) is 8.01. The molecule has 0 aliphatic carbocycles. The van der Waals surface area contributed by atoms with Crippen molar-refractivity contribution in [2.45, 2.75) is 37.1 Å². The van der Waals surface area contributed by atoms with Crippen molar-refractivity contribution in [2.24, 2.45) is 0 Å². The maximum Gasteiger partial charge on any atom is 0.102 e. The number of hydrogen-bond donors (Lipinski definition) is 2. The van der Waals surface area contributed by atoms with E-state index in [4.69, 9.17) is 0 Å². The van der Waals surface area contributed by atoms with Crippen LogP contribution in [0, 0.1) is 11.3 Å². The minimum atomic E-state index is -0.345. The van der Waals surface area contributed by atoms with Crippen molar-refractivity contribution in [3.05, 3.63) is 23.8 Å². The number of nitrogens with zero attached hydrogens (tertiary/aromatic N) is 1. The van der Waals surface area contributed by atoms with E-state index in [-0.39, 0.29) is 12.1 Å². The Kier molecular flexibility index (Phi) is 5.52. The Balaban J connectivity index is 3.15. The summed E-state index contributed by atoms with van der Waals surface area (Å²) in [5, 5.41) is 22.2. The predicted octanol–water partition coefficient (Wildman–Crippen LogP) is 3.24. The molecule has 0 aliphatic rings. The molecule has 0 spiro atoms. The Labute approximate surface area is 113 Å². The van der Waals surface area contributed by atoms with Crippen LogP contribution in [0.4, 0.5) is 5.69 Å². The van der Waals surface area contributed by atoms with Crippen LogP contribution in [0.2, 0.25) is 0 Å². The van der Waals surface area contributed by atoms with E-state index in [1.807, 2.05) is 38.3 Å². The molecule has 0 saturated carbocycles. The quantitative estimate of drug-likeness (QED) is 0.774. The van der Waals surface area contributed by atoms with Crippen LogP contribution >= 0.6 is 11.8 Å². The summed E-state index contributed by atoms with van der Waals surface area (Å²) in [4.78, 5) is 0.960. The number of nitrogens with one attached hydrogen (secondary N) is 1. The fourth-order valence-electron chi connectivity index (χ4n) is 1.90. The zero-order chi connectivity index (χ0) is 13.6. The number of aliphatic hydroxyl groups is 1. The molecule has 0 amide bonds. The third kappa shape index (κ3) is 2.98. The van der Waals surface area contributed by atoms with Gasteiger partial charge in [0.25, 0.3) is 0 Å². The number of aliphatic hydroxyl groups excluding tert-OH is 1. The standard InChI is InChI=1S/C14H20N2OS/c1-4-14(5-2,10-17)16-12-7-6-8-13(18-3)11(12)9-15/h6-8,16-17H,4-5,10H2,1-3H3. The van der Waals surface area contributed by atoms with Gasteiger partial charge >= 0.3 is 0 Å². The van der Waals surface area contributed by atoms with Crippen molar-refractivity contribution in [2.75, 3.05) is 18.2 Å². The van der Waals surface area contributed by atoms with E-state index in [0.717, 1.165) is 23.4 Å². The van der Waals surface area contributed by atoms with E-state index in [0.29, 0.717) is 5.56 Å². The van der Waals surface area contributed by atoms with Crippen LogP contribution in [-0.4, -0.2) is 23.5 Å². The largest absolute Gasteiger partial charge is 0.394 e. The Hall–Kier alpha value is -1.18. The number of anilines is 1. The lowest BCUT2D eigenvalue weighted by Crippen LogP contribution is -2.41. The molecule has 1 rings (SSSR count). The Morgan fingerprint density at radius 3 is 2.50 bits per heavy atom. The molecule has 98 valence electrons. The minimum Gasteiger partial charge on any atom is -0.394 e. The molecule has 0 saturated heterocycles. The van der Waals surface area contributed by atoms with Crippen molar-refractivity contribution >= 4 is 17.4 Å². The van der Waals surface area contributed by atoms with Crippen molar-refractivity contribution in [1.82, 2.24) is 0 Å². The number of benzene rings is 1. The van der Waals surface area contributed by atoms with Crippen LogP contribution in [-0.2, 0) is 0 Å². The number of rotatable bonds is 6. The Bertz CT molecular complexity index is 428. The first-order chi connectivity index (χ1) is 8.66. The van der Waals surface area contributed by atoms with Gasteiger partial charge in [-0.3, -0.25) is 0 Å². The van der Waals surface area contributed by atoms with Gasteiger partial charge in [0.05, 0.1) is 23.4 Å². The summed E-state index contributed by atoms with van der Waals surface area (Å²) >= 11 is 1.56. The zero-order valence-electron chi connectivity index (χ0n) is 11.2. The van der Waals surface area contributed by atoms with Crippen LogP contribution in [0.5, 0.6) is 0 Å². The first-order valence-corrected chi connectivity index (χ1v) is 7.35. The monoisotopic (exact) mass is 264 g/mol. The molecule has 0 heterocycles. The maximum atomic E-state index is 9.58. The molecule has 0 aliphatic heterocycles. The molecule has 18 heavy (non-hydrogen) atoms. The molecule has 0 unspecified atom stereocenters. The predicted molar refractivity (Wildman–Crippen MR) is 77.0 cm³/mol. The molecule has 3 nitrogen and oxygen atoms in total. The highest BCUT2D eigenvalue weighted by Crippen LogP contribution is 2.30. The van der Waals surface area contributed by atoms with Crippen LogP contribution in [0.3, 0.4) is 0 Å². The van der Waals surface area contributed by atoms with Gasteiger partial charge in [0, 0.05) is 4.90 Å². The Morgan fingerprint density at radius 1 is 1.39 bits per heavy atom. The van der Waals surface area contributed by atoms with E-state index in [2.05, 4.69) is 11.4 Å². The van der Waals surface area contributed by atoms with Gasteiger partial charge in [0.1, 0.15) is 6.07 Å². The van der Waals surface area contributed by atoms with Gasteiger partial charge in [0.15, 0.2) is 0 Å². The van der Waals surface area contributed by atoms with Gasteiger partial charge in [0.2, 0.25) is 0 Å². The van der Waals surface area contributed by atoms with Gasteiger partial charge in [-0.2, -0.15) is 5.26 Å². The lowest BCUT2D eigenvalue weighted by atomic mass is 9.93.